The molecule has 0 unspecified atom stereocenters. The lowest BCUT2D eigenvalue weighted by atomic mass is 9.95. The van der Waals surface area contributed by atoms with Crippen LogP contribution in [0.4, 0.5) is 0 Å². The van der Waals surface area contributed by atoms with Crippen molar-refractivity contribution in [3.63, 3.8) is 0 Å². The van der Waals surface area contributed by atoms with Crippen molar-refractivity contribution in [3.05, 3.63) is 24.3 Å². The van der Waals surface area contributed by atoms with Crippen molar-refractivity contribution in [2.45, 2.75) is 159 Å². The van der Waals surface area contributed by atoms with E-state index in [0.717, 1.165) is 65.6 Å². The largest absolute Gasteiger partial charge is 0.494 e. The second kappa shape index (κ2) is 24.6. The van der Waals surface area contributed by atoms with E-state index in [1.165, 1.54) is 33.1 Å². The number of rotatable bonds is 21. The second-order valence-electron chi connectivity index (χ2n) is 14.0. The number of ether oxygens (including phenoxy) is 10. The van der Waals surface area contributed by atoms with Crippen LogP contribution in [0, 0.1) is 0 Å². The minimum atomic E-state index is -1.63. The Morgan fingerprint density at radius 2 is 1.08 bits per heavy atom. The van der Waals surface area contributed by atoms with Crippen molar-refractivity contribution in [1.82, 2.24) is 5.32 Å². The van der Waals surface area contributed by atoms with Gasteiger partial charge in [-0.1, -0.05) is 50.8 Å². The van der Waals surface area contributed by atoms with E-state index >= 15 is 0 Å². The molecule has 1 amide bonds. The summed E-state index contributed by atoms with van der Waals surface area (Å²) in [6.07, 6.45) is -4.72. The third kappa shape index (κ3) is 16.6. The minimum absolute atomic E-state index is 0.419. The molecule has 3 rings (SSSR count). The van der Waals surface area contributed by atoms with Crippen molar-refractivity contribution in [3.8, 4) is 5.75 Å². The summed E-state index contributed by atoms with van der Waals surface area (Å²) in [4.78, 5) is 87.2. The van der Waals surface area contributed by atoms with Crippen molar-refractivity contribution < 1.29 is 80.9 Å². The SMILES string of the molecule is CCCCCCCCOc1ccc(S[C@H]2O[C@H](COC(C)=O)[C@@H](OC(C)=O)[C@H](OC(C)=O)[C@@H]2O[C@@H]2O[C@H](COC(C)=O)[C@@H](OC(C)=O)[C@H](OC(C)=O)[C@H]2NC(C)=O)cc1. The zero-order valence-electron chi connectivity index (χ0n) is 34.8. The Hall–Kier alpha value is -4.46. The van der Waals surface area contributed by atoms with E-state index in [2.05, 4.69) is 12.2 Å². The van der Waals surface area contributed by atoms with Crippen LogP contribution in [0.3, 0.4) is 0 Å². The number of hydrogen-bond donors (Lipinski definition) is 1. The molecule has 1 aromatic carbocycles. The Kier molecular flexibility index (Phi) is 20.4. The van der Waals surface area contributed by atoms with Crippen molar-refractivity contribution in [1.29, 1.82) is 0 Å². The van der Waals surface area contributed by atoms with Crippen LogP contribution >= 0.6 is 11.8 Å². The number of carbonyl (C=O) groups is 7. The summed E-state index contributed by atoms with van der Waals surface area (Å²) in [6, 6.07) is 5.68. The van der Waals surface area contributed by atoms with E-state index in [9.17, 15) is 33.6 Å². The van der Waals surface area contributed by atoms with Crippen LogP contribution in [0.5, 0.6) is 5.75 Å². The first kappa shape index (κ1) is 48.9. The molecule has 1 aromatic rings. The highest BCUT2D eigenvalue weighted by molar-refractivity contribution is 7.99. The second-order valence-corrected chi connectivity index (χ2v) is 15.2. The summed E-state index contributed by atoms with van der Waals surface area (Å²) in [5.74, 6) is -4.62. The van der Waals surface area contributed by atoms with Crippen LogP contribution in [-0.2, 0) is 76.2 Å². The fraction of sp³-hybridized carbons (Fsp3) is 0.675. The lowest BCUT2D eigenvalue weighted by Gasteiger charge is -2.49. The first-order valence-electron chi connectivity index (χ1n) is 19.6. The highest BCUT2D eigenvalue weighted by atomic mass is 32.2. The molecule has 2 aliphatic heterocycles. The molecule has 19 heteroatoms. The number of thioether (sulfide) groups is 1. The van der Waals surface area contributed by atoms with Gasteiger partial charge < -0.3 is 52.7 Å². The number of nitrogens with one attached hydrogen (secondary N) is 1. The van der Waals surface area contributed by atoms with E-state index < -0.39 is 115 Å². The Balaban J connectivity index is 2.09. The lowest BCUT2D eigenvalue weighted by Crippen LogP contribution is -2.69. The molecule has 0 bridgehead atoms. The summed E-state index contributed by atoms with van der Waals surface area (Å²) in [6.45, 7) is 9.71. The third-order valence-electron chi connectivity index (χ3n) is 8.85. The third-order valence-corrected chi connectivity index (χ3v) is 10.0. The van der Waals surface area contributed by atoms with Gasteiger partial charge in [-0.3, -0.25) is 33.6 Å². The number of amides is 1. The van der Waals surface area contributed by atoms with E-state index in [4.69, 9.17) is 47.4 Å². The lowest BCUT2D eigenvalue weighted by molar-refractivity contribution is -0.317. The van der Waals surface area contributed by atoms with Crippen molar-refractivity contribution in [2.24, 2.45) is 0 Å². The van der Waals surface area contributed by atoms with Gasteiger partial charge in [0.2, 0.25) is 5.91 Å². The molecule has 2 aliphatic rings. The average molecular weight is 856 g/mol. The van der Waals surface area contributed by atoms with Gasteiger partial charge in [0, 0.05) is 53.4 Å². The minimum Gasteiger partial charge on any atom is -0.494 e. The quantitative estimate of drug-likeness (QED) is 0.106. The van der Waals surface area contributed by atoms with E-state index in [1.807, 2.05) is 0 Å². The van der Waals surface area contributed by atoms with Crippen LogP contribution in [0.15, 0.2) is 29.2 Å². The standard InChI is InChI=1S/C40H57NO17S/c1-9-10-11-12-13-14-19-49-29-15-17-30(18-16-29)59-40-38(37(55-28(8)48)35(53-26(6)46)32(57-40)21-51-24(4)44)58-39-33(41-22(2)42)36(54-27(7)47)34(52-25(5)45)31(56-39)20-50-23(3)43/h15-18,31-40H,9-14,19-21H2,1-8H3,(H,41,42)/t31-,32-,33-,34-,35-,36-,37+,38+,39+,40-/m1/s1. The number of unbranched alkanes of at least 4 members (excludes halogenated alkanes) is 5. The fourth-order valence-electron chi connectivity index (χ4n) is 6.49. The van der Waals surface area contributed by atoms with Gasteiger partial charge in [0.25, 0.3) is 0 Å². The number of benzene rings is 1. The fourth-order valence-corrected chi connectivity index (χ4v) is 7.61. The molecule has 59 heavy (non-hydrogen) atoms. The van der Waals surface area contributed by atoms with Gasteiger partial charge in [-0.2, -0.15) is 0 Å². The first-order valence-corrected chi connectivity index (χ1v) is 20.5. The van der Waals surface area contributed by atoms with Gasteiger partial charge in [0.1, 0.15) is 48.8 Å². The van der Waals surface area contributed by atoms with Crippen LogP contribution < -0.4 is 10.1 Å². The maximum atomic E-state index is 12.8. The monoisotopic (exact) mass is 855 g/mol. The van der Waals surface area contributed by atoms with Gasteiger partial charge >= 0.3 is 35.8 Å². The van der Waals surface area contributed by atoms with Crippen LogP contribution in [-0.4, -0.2) is 122 Å². The maximum absolute atomic E-state index is 12.8. The summed E-state index contributed by atoms with van der Waals surface area (Å²) < 4.78 is 58.3. The molecule has 10 atom stereocenters. The van der Waals surface area contributed by atoms with Crippen LogP contribution in [0.25, 0.3) is 0 Å². The molecule has 0 radical (unpaired) electrons. The summed E-state index contributed by atoms with van der Waals surface area (Å²) in [7, 11) is 0. The van der Waals surface area contributed by atoms with Crippen LogP contribution in [0.1, 0.15) is 93.9 Å². The zero-order chi connectivity index (χ0) is 43.6. The van der Waals surface area contributed by atoms with E-state index in [1.54, 1.807) is 24.3 Å². The molecule has 18 nitrogen and oxygen atoms in total. The van der Waals surface area contributed by atoms with Gasteiger partial charge in [0.05, 0.1) is 6.61 Å². The molecule has 0 spiro atoms. The first-order chi connectivity index (χ1) is 28.0. The average Bonchev–Trinajstić information content (AvgIpc) is 3.14. The van der Waals surface area contributed by atoms with Gasteiger partial charge in [-0.15, -0.1) is 0 Å². The zero-order valence-corrected chi connectivity index (χ0v) is 35.6. The number of hydrogen-bond acceptors (Lipinski definition) is 18. The molecule has 2 heterocycles. The van der Waals surface area contributed by atoms with Gasteiger partial charge in [-0.25, -0.2) is 0 Å². The Morgan fingerprint density at radius 1 is 0.593 bits per heavy atom. The maximum Gasteiger partial charge on any atom is 0.303 e. The molecule has 0 saturated carbocycles. The topological polar surface area (TPSA) is 224 Å². The normalized spacial score (nSPS) is 26.4. The summed E-state index contributed by atoms with van der Waals surface area (Å²) in [5, 5.41) is 2.63. The molecule has 2 saturated heterocycles. The smallest absolute Gasteiger partial charge is 0.303 e. The van der Waals surface area contributed by atoms with E-state index in [-0.39, 0.29) is 0 Å². The molecular weight excluding hydrogens is 798 g/mol. The van der Waals surface area contributed by atoms with Crippen molar-refractivity contribution >= 4 is 53.5 Å². The molecule has 1 N–H and O–H groups in total. The summed E-state index contributed by atoms with van der Waals surface area (Å²) in [5.41, 5.74) is -1.16. The van der Waals surface area contributed by atoms with Crippen molar-refractivity contribution in [2.75, 3.05) is 19.8 Å². The number of esters is 6. The molecule has 330 valence electrons. The van der Waals surface area contributed by atoms with Gasteiger partial charge in [-0.05, 0) is 30.7 Å². The highest BCUT2D eigenvalue weighted by Crippen LogP contribution is 2.40. The molecule has 0 aromatic heterocycles. The summed E-state index contributed by atoms with van der Waals surface area (Å²) >= 11 is 1.11. The Morgan fingerprint density at radius 3 is 1.61 bits per heavy atom. The van der Waals surface area contributed by atoms with Gasteiger partial charge in [0.15, 0.2) is 30.7 Å². The van der Waals surface area contributed by atoms with E-state index in [0.29, 0.717) is 17.3 Å². The molecular formula is C40H57NO17S. The molecule has 0 aliphatic carbocycles. The van der Waals surface area contributed by atoms with Crippen LogP contribution in [0.2, 0.25) is 0 Å². The predicted molar refractivity (Wildman–Crippen MR) is 206 cm³/mol. The highest BCUT2D eigenvalue weighted by Gasteiger charge is 2.56. The Bertz CT molecular complexity index is 1570. The Labute approximate surface area is 348 Å². The molecule has 2 fully saturated rings. The number of carbonyl (C=O) groups excluding carboxylic acids is 7. The predicted octanol–water partition coefficient (Wildman–Crippen LogP) is 3.71.